The molecule has 1 aliphatic carbocycles. The number of aromatic carboxylic acids is 1. The second kappa shape index (κ2) is 8.08. The van der Waals surface area contributed by atoms with Crippen LogP contribution in [0.4, 0.5) is 5.69 Å². The summed E-state index contributed by atoms with van der Waals surface area (Å²) in [6, 6.07) is 4.32. The molecule has 0 radical (unpaired) electrons. The first-order valence-corrected chi connectivity index (χ1v) is 9.47. The lowest BCUT2D eigenvalue weighted by Crippen LogP contribution is -2.42. The molecule has 3 rings (SSSR count). The molecule has 140 valence electrons. The number of rotatable bonds is 4. The van der Waals surface area contributed by atoms with E-state index in [1.165, 1.54) is 18.2 Å². The van der Waals surface area contributed by atoms with Gasteiger partial charge in [0, 0.05) is 30.6 Å². The van der Waals surface area contributed by atoms with Crippen LogP contribution >= 0.6 is 11.6 Å². The topological polar surface area (TPSA) is 86.7 Å². The van der Waals surface area contributed by atoms with Crippen LogP contribution in [0.5, 0.6) is 0 Å². The number of nitrogens with zero attached hydrogens (tertiary/aromatic N) is 1. The molecule has 6 nitrogen and oxygen atoms in total. The maximum atomic E-state index is 12.8. The highest BCUT2D eigenvalue weighted by Crippen LogP contribution is 2.33. The van der Waals surface area contributed by atoms with Crippen molar-refractivity contribution in [3.63, 3.8) is 0 Å². The first-order valence-electron chi connectivity index (χ1n) is 9.10. The average molecular weight is 379 g/mol. The van der Waals surface area contributed by atoms with Crippen molar-refractivity contribution in [2.45, 2.75) is 38.5 Å². The maximum Gasteiger partial charge on any atom is 0.337 e. The fourth-order valence-corrected chi connectivity index (χ4v) is 4.17. The zero-order valence-corrected chi connectivity index (χ0v) is 15.3. The Hall–Kier alpha value is -2.08. The van der Waals surface area contributed by atoms with Crippen LogP contribution in [0.2, 0.25) is 5.02 Å². The van der Waals surface area contributed by atoms with E-state index in [9.17, 15) is 14.4 Å². The largest absolute Gasteiger partial charge is 0.478 e. The quantitative estimate of drug-likeness (QED) is 0.840. The highest BCUT2D eigenvalue weighted by atomic mass is 35.5. The van der Waals surface area contributed by atoms with Gasteiger partial charge in [0.05, 0.1) is 10.6 Å². The van der Waals surface area contributed by atoms with Crippen molar-refractivity contribution in [1.29, 1.82) is 0 Å². The van der Waals surface area contributed by atoms with Gasteiger partial charge in [0.2, 0.25) is 11.8 Å². The summed E-state index contributed by atoms with van der Waals surface area (Å²) in [7, 11) is 0. The van der Waals surface area contributed by atoms with E-state index < -0.39 is 5.97 Å². The molecule has 0 aromatic heterocycles. The lowest BCUT2D eigenvalue weighted by molar-refractivity contribution is -0.141. The molecule has 2 unspecified atom stereocenters. The van der Waals surface area contributed by atoms with E-state index in [4.69, 9.17) is 16.7 Å². The normalized spacial score (nSPS) is 22.9. The van der Waals surface area contributed by atoms with Gasteiger partial charge in [-0.25, -0.2) is 4.79 Å². The van der Waals surface area contributed by atoms with Gasteiger partial charge in [-0.2, -0.15) is 0 Å². The van der Waals surface area contributed by atoms with E-state index in [1.807, 2.05) is 4.90 Å². The van der Waals surface area contributed by atoms with Gasteiger partial charge in [-0.05, 0) is 43.9 Å². The summed E-state index contributed by atoms with van der Waals surface area (Å²) >= 11 is 5.97. The number of carboxylic acid groups (broad SMARTS) is 1. The first kappa shape index (κ1) is 18.7. The highest BCUT2D eigenvalue weighted by molar-refractivity contribution is 6.33. The number of carbonyl (C=O) groups is 3. The zero-order chi connectivity index (χ0) is 18.7. The molecule has 2 atom stereocenters. The summed E-state index contributed by atoms with van der Waals surface area (Å²) in [6.45, 7) is 1.58. The van der Waals surface area contributed by atoms with Crippen LogP contribution in [-0.2, 0) is 9.59 Å². The van der Waals surface area contributed by atoms with Crippen LogP contribution in [0, 0.1) is 11.8 Å². The summed E-state index contributed by atoms with van der Waals surface area (Å²) in [4.78, 5) is 38.5. The van der Waals surface area contributed by atoms with Crippen LogP contribution in [0.1, 0.15) is 48.9 Å². The fraction of sp³-hybridized carbons (Fsp3) is 0.526. The van der Waals surface area contributed by atoms with E-state index in [-0.39, 0.29) is 34.2 Å². The summed E-state index contributed by atoms with van der Waals surface area (Å²) in [5.41, 5.74) is 0.437. The van der Waals surface area contributed by atoms with Gasteiger partial charge in [-0.1, -0.05) is 24.4 Å². The van der Waals surface area contributed by atoms with Gasteiger partial charge in [-0.3, -0.25) is 9.59 Å². The van der Waals surface area contributed by atoms with E-state index in [2.05, 4.69) is 5.32 Å². The number of carboxylic acids is 1. The summed E-state index contributed by atoms with van der Waals surface area (Å²) in [5.74, 6) is -1.83. The van der Waals surface area contributed by atoms with Gasteiger partial charge >= 0.3 is 5.97 Å². The molecule has 1 aliphatic heterocycles. The van der Waals surface area contributed by atoms with E-state index >= 15 is 0 Å². The van der Waals surface area contributed by atoms with Crippen molar-refractivity contribution < 1.29 is 19.5 Å². The second-order valence-electron chi connectivity index (χ2n) is 7.02. The SMILES string of the molecule is O=C(O)c1ccc(NC(=O)C2CCCCC2C(=O)N2CCCC2)cc1Cl. The van der Waals surface area contributed by atoms with Crippen molar-refractivity contribution in [2.75, 3.05) is 18.4 Å². The summed E-state index contributed by atoms with van der Waals surface area (Å²) in [5, 5.41) is 11.9. The molecule has 1 saturated carbocycles. The van der Waals surface area contributed by atoms with Crippen LogP contribution in [0.3, 0.4) is 0 Å². The van der Waals surface area contributed by atoms with Gasteiger partial charge in [0.1, 0.15) is 0 Å². The third-order valence-electron chi connectivity index (χ3n) is 5.30. The third-order valence-corrected chi connectivity index (χ3v) is 5.62. The monoisotopic (exact) mass is 378 g/mol. The van der Waals surface area contributed by atoms with Gasteiger partial charge in [0.25, 0.3) is 0 Å². The lowest BCUT2D eigenvalue weighted by Gasteiger charge is -2.32. The van der Waals surface area contributed by atoms with Crippen molar-refractivity contribution in [2.24, 2.45) is 11.8 Å². The molecular formula is C19H23ClN2O4. The smallest absolute Gasteiger partial charge is 0.337 e. The molecular weight excluding hydrogens is 356 g/mol. The van der Waals surface area contributed by atoms with Crippen LogP contribution in [-0.4, -0.2) is 40.9 Å². The van der Waals surface area contributed by atoms with E-state index in [0.29, 0.717) is 12.1 Å². The number of hydrogen-bond donors (Lipinski definition) is 2. The number of carbonyl (C=O) groups excluding carboxylic acids is 2. The Bertz CT molecular complexity index is 715. The van der Waals surface area contributed by atoms with Crippen molar-refractivity contribution in [3.8, 4) is 0 Å². The lowest BCUT2D eigenvalue weighted by atomic mass is 9.77. The number of nitrogens with one attached hydrogen (secondary N) is 1. The number of hydrogen-bond acceptors (Lipinski definition) is 3. The summed E-state index contributed by atoms with van der Waals surface area (Å²) < 4.78 is 0. The number of halogens is 1. The molecule has 2 N–H and O–H groups in total. The molecule has 1 heterocycles. The van der Waals surface area contributed by atoms with Gasteiger partial charge in [-0.15, -0.1) is 0 Å². The Morgan fingerprint density at radius 3 is 2.31 bits per heavy atom. The second-order valence-corrected chi connectivity index (χ2v) is 7.43. The predicted molar refractivity (Wildman–Crippen MR) is 98.3 cm³/mol. The molecule has 26 heavy (non-hydrogen) atoms. The van der Waals surface area contributed by atoms with Crippen molar-refractivity contribution >= 4 is 35.1 Å². The highest BCUT2D eigenvalue weighted by Gasteiger charge is 2.38. The Morgan fingerprint density at radius 2 is 1.69 bits per heavy atom. The summed E-state index contributed by atoms with van der Waals surface area (Å²) in [6.07, 6.45) is 5.39. The molecule has 7 heteroatoms. The standard InChI is InChI=1S/C19H23ClN2O4/c20-16-11-12(7-8-15(16)19(25)26)21-17(23)13-5-1-2-6-14(13)18(24)22-9-3-4-10-22/h7-8,11,13-14H,1-6,9-10H2,(H,21,23)(H,25,26). The molecule has 1 saturated heterocycles. The Kier molecular flexibility index (Phi) is 5.81. The van der Waals surface area contributed by atoms with Crippen LogP contribution in [0.15, 0.2) is 18.2 Å². The minimum absolute atomic E-state index is 0.00980. The van der Waals surface area contributed by atoms with E-state index in [0.717, 1.165) is 45.2 Å². The Balaban J connectivity index is 1.71. The van der Waals surface area contributed by atoms with Gasteiger partial charge in [0.15, 0.2) is 0 Å². The third kappa shape index (κ3) is 4.01. The predicted octanol–water partition coefficient (Wildman–Crippen LogP) is 3.41. The molecule has 1 aromatic carbocycles. The number of benzene rings is 1. The van der Waals surface area contributed by atoms with Crippen molar-refractivity contribution in [1.82, 2.24) is 4.90 Å². The molecule has 2 aliphatic rings. The zero-order valence-electron chi connectivity index (χ0n) is 14.5. The van der Waals surface area contributed by atoms with E-state index in [1.54, 1.807) is 0 Å². The Labute approximate surface area is 157 Å². The fourth-order valence-electron chi connectivity index (χ4n) is 3.91. The molecule has 2 amide bonds. The van der Waals surface area contributed by atoms with Crippen LogP contribution < -0.4 is 5.32 Å². The molecule has 1 aromatic rings. The first-order chi connectivity index (χ1) is 12.5. The molecule has 0 spiro atoms. The number of amides is 2. The molecule has 0 bridgehead atoms. The minimum Gasteiger partial charge on any atom is -0.478 e. The van der Waals surface area contributed by atoms with Gasteiger partial charge < -0.3 is 15.3 Å². The minimum atomic E-state index is -1.11. The number of likely N-dealkylation sites (tertiary alicyclic amines) is 1. The molecule has 2 fully saturated rings. The number of anilines is 1. The average Bonchev–Trinajstić information content (AvgIpc) is 3.15. The van der Waals surface area contributed by atoms with Crippen molar-refractivity contribution in [3.05, 3.63) is 28.8 Å². The Morgan fingerprint density at radius 1 is 1.04 bits per heavy atom. The maximum absolute atomic E-state index is 12.8. The van der Waals surface area contributed by atoms with Crippen LogP contribution in [0.25, 0.3) is 0 Å².